The molecule has 12 heavy (non-hydrogen) atoms. The van der Waals surface area contributed by atoms with Crippen molar-refractivity contribution in [3.8, 4) is 0 Å². The smallest absolute Gasteiger partial charge is 0.0300 e. The van der Waals surface area contributed by atoms with E-state index in [1.165, 1.54) is 19.3 Å². The van der Waals surface area contributed by atoms with Crippen LogP contribution in [0.25, 0.3) is 0 Å². The van der Waals surface area contributed by atoms with Crippen LogP contribution in [0.2, 0.25) is 0 Å². The zero-order valence-electron chi connectivity index (χ0n) is 9.35. The molecular formula is C12H24. The van der Waals surface area contributed by atoms with E-state index in [9.17, 15) is 0 Å². The van der Waals surface area contributed by atoms with Crippen LogP contribution in [-0.4, -0.2) is 0 Å². The molecule has 0 aliphatic heterocycles. The lowest BCUT2D eigenvalue weighted by Crippen LogP contribution is -2.18. The maximum atomic E-state index is 2.47. The third-order valence-corrected chi connectivity index (χ3v) is 4.21. The highest BCUT2D eigenvalue weighted by Crippen LogP contribution is 2.57. The quantitative estimate of drug-likeness (QED) is 0.592. The van der Waals surface area contributed by atoms with Gasteiger partial charge in [0.05, 0.1) is 0 Å². The van der Waals surface area contributed by atoms with E-state index >= 15 is 0 Å². The molecule has 0 N–H and O–H groups in total. The van der Waals surface area contributed by atoms with Crippen molar-refractivity contribution in [2.75, 3.05) is 0 Å². The molecule has 0 radical (unpaired) electrons. The monoisotopic (exact) mass is 168 g/mol. The summed E-state index contributed by atoms with van der Waals surface area (Å²) in [6.07, 6.45) is 4.21. The third-order valence-electron chi connectivity index (χ3n) is 4.21. The molecule has 1 aliphatic carbocycles. The Balaban J connectivity index is 2.50. The van der Waals surface area contributed by atoms with Crippen molar-refractivity contribution in [1.29, 1.82) is 0 Å². The minimum Gasteiger partial charge on any atom is -0.0649 e. The molecule has 0 nitrogen and oxygen atoms in total. The van der Waals surface area contributed by atoms with Crippen LogP contribution >= 0.6 is 0 Å². The fraction of sp³-hybridized carbons (Fsp3) is 1.00. The van der Waals surface area contributed by atoms with Gasteiger partial charge in [-0.3, -0.25) is 0 Å². The Morgan fingerprint density at radius 2 is 1.75 bits per heavy atom. The molecule has 0 aromatic rings. The second kappa shape index (κ2) is 3.40. The molecule has 72 valence electrons. The van der Waals surface area contributed by atoms with Gasteiger partial charge >= 0.3 is 0 Å². The highest BCUT2D eigenvalue weighted by atomic mass is 14.5. The van der Waals surface area contributed by atoms with E-state index in [0.717, 1.165) is 17.8 Å². The predicted molar refractivity (Wildman–Crippen MR) is 55.1 cm³/mol. The summed E-state index contributed by atoms with van der Waals surface area (Å²) in [4.78, 5) is 0. The molecule has 1 rings (SSSR count). The summed E-state index contributed by atoms with van der Waals surface area (Å²) in [5, 5.41) is 0. The molecule has 2 unspecified atom stereocenters. The van der Waals surface area contributed by atoms with Crippen molar-refractivity contribution in [2.45, 2.75) is 53.9 Å². The Bertz CT molecular complexity index is 142. The van der Waals surface area contributed by atoms with Crippen molar-refractivity contribution in [3.05, 3.63) is 0 Å². The highest BCUT2D eigenvalue weighted by molar-refractivity contribution is 4.98. The zero-order chi connectivity index (χ0) is 9.35. The van der Waals surface area contributed by atoms with Crippen molar-refractivity contribution < 1.29 is 0 Å². The molecule has 0 amide bonds. The van der Waals surface area contributed by atoms with E-state index in [1.54, 1.807) is 0 Å². The van der Waals surface area contributed by atoms with Gasteiger partial charge in [0, 0.05) is 0 Å². The summed E-state index contributed by atoms with van der Waals surface area (Å²) in [7, 11) is 0. The van der Waals surface area contributed by atoms with E-state index in [-0.39, 0.29) is 0 Å². The van der Waals surface area contributed by atoms with E-state index in [0.29, 0.717) is 5.41 Å². The maximum Gasteiger partial charge on any atom is -0.0300 e. The van der Waals surface area contributed by atoms with Gasteiger partial charge in [0.25, 0.3) is 0 Å². The Morgan fingerprint density at radius 3 is 2.00 bits per heavy atom. The van der Waals surface area contributed by atoms with Gasteiger partial charge in [-0.1, -0.05) is 47.5 Å². The lowest BCUT2D eigenvalue weighted by atomic mass is 9.78. The molecule has 0 saturated heterocycles. The van der Waals surface area contributed by atoms with Gasteiger partial charge in [-0.2, -0.15) is 0 Å². The molecule has 0 bridgehead atoms. The molecule has 1 saturated carbocycles. The first-order chi connectivity index (χ1) is 5.55. The fourth-order valence-electron chi connectivity index (χ4n) is 2.53. The lowest BCUT2D eigenvalue weighted by molar-refractivity contribution is 0.225. The first-order valence-electron chi connectivity index (χ1n) is 5.55. The lowest BCUT2D eigenvalue weighted by Gasteiger charge is -2.27. The molecule has 0 spiro atoms. The minimum absolute atomic E-state index is 0.648. The molecule has 1 aliphatic rings. The molecule has 1 fully saturated rings. The van der Waals surface area contributed by atoms with Crippen LogP contribution in [0, 0.1) is 23.2 Å². The van der Waals surface area contributed by atoms with Gasteiger partial charge in [-0.25, -0.2) is 0 Å². The van der Waals surface area contributed by atoms with Gasteiger partial charge in [0.2, 0.25) is 0 Å². The van der Waals surface area contributed by atoms with Crippen molar-refractivity contribution in [1.82, 2.24) is 0 Å². The predicted octanol–water partition coefficient (Wildman–Crippen LogP) is 4.10. The van der Waals surface area contributed by atoms with Crippen LogP contribution in [0.4, 0.5) is 0 Å². The minimum atomic E-state index is 0.648. The fourth-order valence-corrected chi connectivity index (χ4v) is 2.53. The summed E-state index contributed by atoms with van der Waals surface area (Å²) in [5.41, 5.74) is 0.648. The summed E-state index contributed by atoms with van der Waals surface area (Å²) in [5.74, 6) is 2.98. The third kappa shape index (κ3) is 1.67. The van der Waals surface area contributed by atoms with Crippen LogP contribution in [0.1, 0.15) is 53.9 Å². The van der Waals surface area contributed by atoms with Crippen LogP contribution in [0.5, 0.6) is 0 Å². The van der Waals surface area contributed by atoms with E-state index < -0.39 is 0 Å². The van der Waals surface area contributed by atoms with Crippen LogP contribution in [0.3, 0.4) is 0 Å². The average Bonchev–Trinajstić information content (AvgIpc) is 2.82. The Hall–Kier alpha value is 0. The maximum absolute atomic E-state index is 2.47. The van der Waals surface area contributed by atoms with Crippen LogP contribution < -0.4 is 0 Å². The first kappa shape index (κ1) is 10.1. The normalized spacial score (nSPS) is 29.5. The summed E-state index contributed by atoms with van der Waals surface area (Å²) < 4.78 is 0. The molecule has 0 aromatic carbocycles. The van der Waals surface area contributed by atoms with Crippen LogP contribution in [-0.2, 0) is 0 Å². The van der Waals surface area contributed by atoms with Crippen molar-refractivity contribution >= 4 is 0 Å². The van der Waals surface area contributed by atoms with E-state index in [2.05, 4.69) is 34.6 Å². The topological polar surface area (TPSA) is 0 Å². The standard InChI is InChI=1S/C12H24/c1-6-12(5,7-2)11-8-10(11)9(3)4/h9-11H,6-8H2,1-5H3. The summed E-state index contributed by atoms with van der Waals surface area (Å²) in [6, 6.07) is 0. The molecule has 0 heterocycles. The number of hydrogen-bond donors (Lipinski definition) is 0. The molecule has 2 atom stereocenters. The highest BCUT2D eigenvalue weighted by Gasteiger charge is 2.48. The van der Waals surface area contributed by atoms with Crippen molar-refractivity contribution in [2.24, 2.45) is 23.2 Å². The van der Waals surface area contributed by atoms with Gasteiger partial charge in [-0.05, 0) is 29.6 Å². The Labute approximate surface area is 77.7 Å². The second-order valence-electron chi connectivity index (χ2n) is 5.11. The zero-order valence-corrected chi connectivity index (χ0v) is 9.35. The summed E-state index contributed by atoms with van der Waals surface area (Å²) >= 11 is 0. The Kier molecular flexibility index (Phi) is 2.85. The number of rotatable bonds is 4. The molecule has 0 heteroatoms. The molecule has 0 aromatic heterocycles. The largest absolute Gasteiger partial charge is 0.0649 e. The Morgan fingerprint density at radius 1 is 1.25 bits per heavy atom. The van der Waals surface area contributed by atoms with Gasteiger partial charge < -0.3 is 0 Å². The second-order valence-corrected chi connectivity index (χ2v) is 5.11. The first-order valence-corrected chi connectivity index (χ1v) is 5.55. The van der Waals surface area contributed by atoms with Gasteiger partial charge in [-0.15, -0.1) is 0 Å². The SMILES string of the molecule is CCC(C)(CC)C1CC1C(C)C. The van der Waals surface area contributed by atoms with Crippen molar-refractivity contribution in [3.63, 3.8) is 0 Å². The van der Waals surface area contributed by atoms with Gasteiger partial charge in [0.15, 0.2) is 0 Å². The van der Waals surface area contributed by atoms with E-state index in [1.807, 2.05) is 0 Å². The number of hydrogen-bond acceptors (Lipinski definition) is 0. The molecular weight excluding hydrogens is 144 g/mol. The average molecular weight is 168 g/mol. The van der Waals surface area contributed by atoms with E-state index in [4.69, 9.17) is 0 Å². The summed E-state index contributed by atoms with van der Waals surface area (Å²) in [6.45, 7) is 11.9. The van der Waals surface area contributed by atoms with Gasteiger partial charge in [0.1, 0.15) is 0 Å². The van der Waals surface area contributed by atoms with Crippen LogP contribution in [0.15, 0.2) is 0 Å².